The normalized spacial score (nSPS) is 13.5. The number of hydrogen-bond acceptors (Lipinski definition) is 10. The van der Waals surface area contributed by atoms with E-state index in [2.05, 4.69) is 9.72 Å². The van der Waals surface area contributed by atoms with Crippen LogP contribution in [0.5, 0.6) is 11.5 Å². The number of halogens is 1. The lowest BCUT2D eigenvalue weighted by Crippen LogP contribution is -2.36. The van der Waals surface area contributed by atoms with Crippen molar-refractivity contribution in [2.75, 3.05) is 50.2 Å². The van der Waals surface area contributed by atoms with Gasteiger partial charge in [0.05, 0.1) is 29.9 Å². The van der Waals surface area contributed by atoms with Crippen molar-refractivity contribution in [3.05, 3.63) is 74.0 Å². The highest BCUT2D eigenvalue weighted by Gasteiger charge is 2.24. The second kappa shape index (κ2) is 12.2. The van der Waals surface area contributed by atoms with Gasteiger partial charge in [-0.25, -0.2) is 4.39 Å². The van der Waals surface area contributed by atoms with Crippen LogP contribution in [0.25, 0.3) is 5.69 Å². The number of ether oxygens (including phenoxy) is 4. The predicted molar refractivity (Wildman–Crippen MR) is 138 cm³/mol. The van der Waals surface area contributed by atoms with Crippen LogP contribution in [0, 0.1) is 5.82 Å². The fourth-order valence-corrected chi connectivity index (χ4v) is 4.13. The van der Waals surface area contributed by atoms with Gasteiger partial charge in [-0.3, -0.25) is 23.7 Å². The van der Waals surface area contributed by atoms with E-state index in [9.17, 15) is 23.6 Å². The fraction of sp³-hybridized carbons (Fsp3) is 0.308. The first-order chi connectivity index (χ1) is 18.8. The van der Waals surface area contributed by atoms with Crippen LogP contribution in [0.4, 0.5) is 16.0 Å². The fourth-order valence-electron chi connectivity index (χ4n) is 4.13. The average molecular weight is 543 g/mol. The van der Waals surface area contributed by atoms with E-state index < -0.39 is 0 Å². The first kappa shape index (κ1) is 27.2. The molecule has 2 aromatic heterocycles. The Hall–Kier alpha value is -4.81. The molecule has 2 aliphatic rings. The lowest BCUT2D eigenvalue weighted by atomic mass is 10.2. The number of rotatable bonds is 7. The SMILES string of the molecule is CN1CCOc2cc(COC=O)c(=O)[nH]c21.CN1CCOc2cc(COC=O)c(=O)n(-c3ccc(F)cc3)c21. The van der Waals surface area contributed by atoms with E-state index in [-0.39, 0.29) is 42.2 Å². The molecular formula is C26H27FN4O8. The molecule has 206 valence electrons. The Labute approximate surface area is 222 Å². The highest BCUT2D eigenvalue weighted by molar-refractivity contribution is 5.60. The third-order valence-electron chi connectivity index (χ3n) is 6.09. The number of benzene rings is 1. The van der Waals surface area contributed by atoms with Crippen molar-refractivity contribution >= 4 is 24.6 Å². The molecule has 1 N–H and O–H groups in total. The molecular weight excluding hydrogens is 515 g/mol. The number of aromatic amines is 1. The number of pyridine rings is 2. The molecule has 39 heavy (non-hydrogen) atoms. The third-order valence-corrected chi connectivity index (χ3v) is 6.09. The maximum Gasteiger partial charge on any atom is 0.293 e. The molecule has 0 fully saturated rings. The number of carbonyl (C=O) groups excluding carboxylic acids is 2. The summed E-state index contributed by atoms with van der Waals surface area (Å²) in [6, 6.07) is 8.79. The van der Waals surface area contributed by atoms with Gasteiger partial charge in [-0.2, -0.15) is 0 Å². The van der Waals surface area contributed by atoms with Crippen LogP contribution in [0.2, 0.25) is 0 Å². The number of likely N-dealkylation sites (N-methyl/N-ethyl adjacent to an activating group) is 2. The topological polar surface area (TPSA) is 132 Å². The van der Waals surface area contributed by atoms with Crippen molar-refractivity contribution in [3.8, 4) is 17.2 Å². The summed E-state index contributed by atoms with van der Waals surface area (Å²) in [6.45, 7) is 2.82. The van der Waals surface area contributed by atoms with Crippen molar-refractivity contribution in [1.82, 2.24) is 9.55 Å². The first-order valence-corrected chi connectivity index (χ1v) is 11.9. The molecule has 3 aromatic rings. The number of fused-ring (bicyclic) bond motifs is 2. The van der Waals surface area contributed by atoms with Crippen LogP contribution in [0.1, 0.15) is 11.1 Å². The molecule has 13 heteroatoms. The zero-order chi connectivity index (χ0) is 27.9. The highest BCUT2D eigenvalue weighted by atomic mass is 19.1. The van der Waals surface area contributed by atoms with E-state index in [0.29, 0.717) is 60.6 Å². The maximum atomic E-state index is 13.2. The van der Waals surface area contributed by atoms with E-state index in [1.807, 2.05) is 23.9 Å². The van der Waals surface area contributed by atoms with Crippen molar-refractivity contribution in [3.63, 3.8) is 0 Å². The van der Waals surface area contributed by atoms with Gasteiger partial charge in [0.15, 0.2) is 23.1 Å². The molecule has 12 nitrogen and oxygen atoms in total. The van der Waals surface area contributed by atoms with E-state index >= 15 is 0 Å². The lowest BCUT2D eigenvalue weighted by Gasteiger charge is -2.30. The van der Waals surface area contributed by atoms with Crippen molar-refractivity contribution in [1.29, 1.82) is 0 Å². The molecule has 0 unspecified atom stereocenters. The molecule has 0 amide bonds. The van der Waals surface area contributed by atoms with Gasteiger partial charge in [-0.05, 0) is 36.4 Å². The summed E-state index contributed by atoms with van der Waals surface area (Å²) in [7, 11) is 3.72. The second-order valence-electron chi connectivity index (χ2n) is 8.67. The minimum atomic E-state index is -0.388. The average Bonchev–Trinajstić information content (AvgIpc) is 2.93. The van der Waals surface area contributed by atoms with E-state index in [1.54, 1.807) is 12.1 Å². The lowest BCUT2D eigenvalue weighted by molar-refractivity contribution is -0.130. The monoisotopic (exact) mass is 542 g/mol. The summed E-state index contributed by atoms with van der Waals surface area (Å²) in [5.74, 6) is 1.99. The molecule has 0 aliphatic carbocycles. The largest absolute Gasteiger partial charge is 0.488 e. The molecule has 4 heterocycles. The van der Waals surface area contributed by atoms with Crippen LogP contribution >= 0.6 is 0 Å². The standard InChI is InChI=1S/C16H15FN2O4.C10H12N2O4/c1-18-6-7-23-14-8-11(9-22-10-20)16(21)19(15(14)18)13-4-2-12(17)3-5-13;1-12-2-3-16-8-4-7(5-15-6-13)10(14)11-9(8)12/h2-5,8,10H,6-7,9H2,1H3;4,6H,2-3,5H2,1H3,(H,11,14). The summed E-state index contributed by atoms with van der Waals surface area (Å²) < 4.78 is 34.9. The van der Waals surface area contributed by atoms with Gasteiger partial charge >= 0.3 is 0 Å². The number of carbonyl (C=O) groups is 2. The van der Waals surface area contributed by atoms with Gasteiger partial charge in [-0.15, -0.1) is 0 Å². The minimum absolute atomic E-state index is 0.0425. The molecule has 0 saturated carbocycles. The Morgan fingerprint density at radius 1 is 0.897 bits per heavy atom. The highest BCUT2D eigenvalue weighted by Crippen LogP contribution is 2.32. The number of H-pyrrole nitrogens is 1. The van der Waals surface area contributed by atoms with Crippen LogP contribution in [0.3, 0.4) is 0 Å². The molecule has 0 atom stereocenters. The minimum Gasteiger partial charge on any atom is -0.488 e. The number of aromatic nitrogens is 2. The van der Waals surface area contributed by atoms with Crippen molar-refractivity contribution < 1.29 is 32.9 Å². The number of nitrogens with zero attached hydrogens (tertiary/aromatic N) is 3. The summed E-state index contributed by atoms with van der Waals surface area (Å²) in [6.07, 6.45) is 0. The van der Waals surface area contributed by atoms with Crippen LogP contribution in [-0.4, -0.2) is 62.9 Å². The third kappa shape index (κ3) is 6.03. The van der Waals surface area contributed by atoms with Gasteiger partial charge in [0.25, 0.3) is 24.1 Å². The van der Waals surface area contributed by atoms with Gasteiger partial charge in [0.1, 0.15) is 32.2 Å². The molecule has 0 spiro atoms. The van der Waals surface area contributed by atoms with E-state index in [0.717, 1.165) is 6.54 Å². The van der Waals surface area contributed by atoms with Gasteiger partial charge < -0.3 is 33.7 Å². The molecule has 0 saturated heterocycles. The molecule has 5 rings (SSSR count). The van der Waals surface area contributed by atoms with Crippen molar-refractivity contribution in [2.24, 2.45) is 0 Å². The summed E-state index contributed by atoms with van der Waals surface area (Å²) in [5, 5.41) is 0. The van der Waals surface area contributed by atoms with Gasteiger partial charge in [-0.1, -0.05) is 0 Å². The smallest absolute Gasteiger partial charge is 0.293 e. The van der Waals surface area contributed by atoms with Gasteiger partial charge in [0.2, 0.25) is 0 Å². The van der Waals surface area contributed by atoms with Crippen molar-refractivity contribution in [2.45, 2.75) is 13.2 Å². The number of anilines is 2. The Bertz CT molecular complexity index is 1450. The van der Waals surface area contributed by atoms with E-state index in [1.165, 1.54) is 28.8 Å². The quantitative estimate of drug-likeness (QED) is 0.437. The summed E-state index contributed by atoms with van der Waals surface area (Å²) >= 11 is 0. The Morgan fingerprint density at radius 2 is 1.49 bits per heavy atom. The summed E-state index contributed by atoms with van der Waals surface area (Å²) in [4.78, 5) is 51.4. The summed E-state index contributed by atoms with van der Waals surface area (Å²) in [5.41, 5.74) is 0.571. The second-order valence-corrected chi connectivity index (χ2v) is 8.67. The Kier molecular flexibility index (Phi) is 8.49. The predicted octanol–water partition coefficient (Wildman–Crippen LogP) is 1.35. The van der Waals surface area contributed by atoms with Crippen LogP contribution in [-0.2, 0) is 32.3 Å². The van der Waals surface area contributed by atoms with E-state index in [4.69, 9.17) is 14.2 Å². The first-order valence-electron chi connectivity index (χ1n) is 11.9. The maximum absolute atomic E-state index is 13.2. The van der Waals surface area contributed by atoms with Gasteiger partial charge in [0, 0.05) is 14.1 Å². The zero-order valence-electron chi connectivity index (χ0n) is 21.3. The molecule has 0 radical (unpaired) electrons. The zero-order valence-corrected chi connectivity index (χ0v) is 21.3. The number of nitrogens with one attached hydrogen (secondary N) is 1. The number of hydrogen-bond donors (Lipinski definition) is 1. The molecule has 1 aromatic carbocycles. The van der Waals surface area contributed by atoms with Crippen LogP contribution in [0.15, 0.2) is 46.0 Å². The Morgan fingerprint density at radius 3 is 2.15 bits per heavy atom. The molecule has 2 aliphatic heterocycles. The molecule has 0 bridgehead atoms. The Balaban J connectivity index is 0.000000193. The van der Waals surface area contributed by atoms with Crippen LogP contribution < -0.4 is 30.4 Å².